The number of fused-ring (bicyclic) bond motifs is 1. The summed E-state index contributed by atoms with van der Waals surface area (Å²) in [7, 11) is 1.63. The predicted octanol–water partition coefficient (Wildman–Crippen LogP) is 5.47. The van der Waals surface area contributed by atoms with Crippen LogP contribution in [0.3, 0.4) is 0 Å². The molecule has 0 spiro atoms. The zero-order chi connectivity index (χ0) is 22.6. The Morgan fingerprint density at radius 2 is 1.67 bits per heavy atom. The fourth-order valence-electron chi connectivity index (χ4n) is 3.59. The highest BCUT2D eigenvalue weighted by Gasteiger charge is 2.18. The molecule has 6 nitrogen and oxygen atoms in total. The summed E-state index contributed by atoms with van der Waals surface area (Å²) in [4.78, 5) is 17.1. The van der Waals surface area contributed by atoms with Crippen LogP contribution in [0.5, 0.6) is 5.75 Å². The van der Waals surface area contributed by atoms with Crippen LogP contribution in [0, 0.1) is 0 Å². The predicted molar refractivity (Wildman–Crippen MR) is 130 cm³/mol. The number of thioether (sulfide) groups is 1. The molecule has 3 aromatic carbocycles. The summed E-state index contributed by atoms with van der Waals surface area (Å²) in [6.45, 7) is 0. The minimum Gasteiger partial charge on any atom is -0.497 e. The zero-order valence-corrected chi connectivity index (χ0v) is 18.7. The van der Waals surface area contributed by atoms with Gasteiger partial charge >= 0.3 is 0 Å². The molecule has 0 aliphatic carbocycles. The second kappa shape index (κ2) is 9.26. The number of nitrogens with zero attached hydrogens (tertiary/aromatic N) is 4. The molecule has 2 aromatic heterocycles. The van der Waals surface area contributed by atoms with Crippen molar-refractivity contribution < 1.29 is 9.53 Å². The Morgan fingerprint density at radius 1 is 0.909 bits per heavy atom. The van der Waals surface area contributed by atoms with E-state index in [1.807, 2.05) is 83.4 Å². The third-order valence-electron chi connectivity index (χ3n) is 5.31. The minimum atomic E-state index is 0.0421. The number of Topliss-reactive ketones (excluding diaryl/α,β-unsaturated/α-hetero) is 1. The molecule has 0 fully saturated rings. The lowest BCUT2D eigenvalue weighted by Gasteiger charge is -2.11. The molecule has 0 aliphatic heterocycles. The summed E-state index contributed by atoms with van der Waals surface area (Å²) in [5.41, 5.74) is 2.46. The van der Waals surface area contributed by atoms with Crippen molar-refractivity contribution in [1.29, 1.82) is 0 Å². The maximum Gasteiger partial charge on any atom is 0.196 e. The van der Waals surface area contributed by atoms with Crippen LogP contribution in [0.25, 0.3) is 27.8 Å². The molecular weight excluding hydrogens is 432 g/mol. The van der Waals surface area contributed by atoms with E-state index in [1.54, 1.807) is 19.5 Å². The first kappa shape index (κ1) is 20.9. The van der Waals surface area contributed by atoms with E-state index in [2.05, 4.69) is 15.2 Å². The van der Waals surface area contributed by atoms with Gasteiger partial charge in [0.15, 0.2) is 16.8 Å². The van der Waals surface area contributed by atoms with E-state index < -0.39 is 0 Å². The van der Waals surface area contributed by atoms with E-state index in [-0.39, 0.29) is 11.5 Å². The van der Waals surface area contributed by atoms with Gasteiger partial charge in [0, 0.05) is 29.2 Å². The van der Waals surface area contributed by atoms with Crippen molar-refractivity contribution in [3.8, 4) is 22.8 Å². The van der Waals surface area contributed by atoms with Gasteiger partial charge in [-0.25, -0.2) is 0 Å². The van der Waals surface area contributed by atoms with Crippen LogP contribution in [0.4, 0.5) is 0 Å². The number of ether oxygens (including phenoxy) is 1. The molecule has 2 heterocycles. The standard InChI is InChI=1S/C26H20N4O2S/c1-32-23-10-8-22(9-11-23)30-25(19-12-14-27-15-13-19)28-29-26(30)33-17-24(31)21-7-6-18-4-2-3-5-20(18)16-21/h2-16H,17H2,1H3. The fraction of sp³-hybridized carbons (Fsp3) is 0.0769. The zero-order valence-electron chi connectivity index (χ0n) is 17.9. The maximum atomic E-state index is 13.0. The highest BCUT2D eigenvalue weighted by molar-refractivity contribution is 7.99. The molecule has 0 saturated heterocycles. The van der Waals surface area contributed by atoms with Gasteiger partial charge in [-0.05, 0) is 53.2 Å². The summed E-state index contributed by atoms with van der Waals surface area (Å²) in [5, 5.41) is 11.6. The van der Waals surface area contributed by atoms with Crippen LogP contribution in [0.2, 0.25) is 0 Å². The molecule has 0 saturated carbocycles. The SMILES string of the molecule is COc1ccc(-n2c(SCC(=O)c3ccc4ccccc4c3)nnc2-c2ccncc2)cc1. The summed E-state index contributed by atoms with van der Waals surface area (Å²) in [5.74, 6) is 1.74. The number of hydrogen-bond acceptors (Lipinski definition) is 6. The summed E-state index contributed by atoms with van der Waals surface area (Å²) in [6, 6.07) is 25.3. The highest BCUT2D eigenvalue weighted by atomic mass is 32.2. The second-order valence-corrected chi connectivity index (χ2v) is 8.29. The first-order valence-corrected chi connectivity index (χ1v) is 11.4. The molecule has 5 aromatic rings. The molecule has 0 unspecified atom stereocenters. The number of carbonyl (C=O) groups excluding carboxylic acids is 1. The summed E-state index contributed by atoms with van der Waals surface area (Å²) < 4.78 is 7.24. The largest absolute Gasteiger partial charge is 0.497 e. The second-order valence-electron chi connectivity index (χ2n) is 7.35. The van der Waals surface area contributed by atoms with Gasteiger partial charge in [-0.15, -0.1) is 10.2 Å². The van der Waals surface area contributed by atoms with E-state index in [1.165, 1.54) is 11.8 Å². The Hall–Kier alpha value is -3.97. The van der Waals surface area contributed by atoms with Crippen molar-refractivity contribution in [1.82, 2.24) is 19.7 Å². The highest BCUT2D eigenvalue weighted by Crippen LogP contribution is 2.29. The van der Waals surface area contributed by atoms with Crippen LogP contribution >= 0.6 is 11.8 Å². The molecule has 0 amide bonds. The van der Waals surface area contributed by atoms with Gasteiger partial charge in [0.1, 0.15) is 5.75 Å². The van der Waals surface area contributed by atoms with Gasteiger partial charge in [-0.1, -0.05) is 48.2 Å². The third-order valence-corrected chi connectivity index (χ3v) is 6.24. The molecule has 7 heteroatoms. The molecular formula is C26H20N4O2S. The van der Waals surface area contributed by atoms with E-state index in [9.17, 15) is 4.79 Å². The molecule has 0 radical (unpaired) electrons. The van der Waals surface area contributed by atoms with Gasteiger partial charge < -0.3 is 4.74 Å². The van der Waals surface area contributed by atoms with Gasteiger partial charge in [0.2, 0.25) is 0 Å². The Labute approximate surface area is 195 Å². The molecule has 33 heavy (non-hydrogen) atoms. The van der Waals surface area contributed by atoms with Crippen molar-refractivity contribution >= 4 is 28.3 Å². The molecule has 5 rings (SSSR count). The van der Waals surface area contributed by atoms with Crippen LogP contribution in [-0.2, 0) is 0 Å². The van der Waals surface area contributed by atoms with Crippen molar-refractivity contribution in [3.63, 3.8) is 0 Å². The monoisotopic (exact) mass is 452 g/mol. The lowest BCUT2D eigenvalue weighted by atomic mass is 10.1. The average Bonchev–Trinajstić information content (AvgIpc) is 3.31. The summed E-state index contributed by atoms with van der Waals surface area (Å²) in [6.07, 6.45) is 3.44. The number of hydrogen-bond donors (Lipinski definition) is 0. The Balaban J connectivity index is 1.45. The number of methoxy groups -OCH3 is 1. The quantitative estimate of drug-likeness (QED) is 0.241. The lowest BCUT2D eigenvalue weighted by molar-refractivity contribution is 0.102. The Morgan fingerprint density at radius 3 is 2.42 bits per heavy atom. The number of ketones is 1. The number of aromatic nitrogens is 4. The molecule has 0 aliphatic rings. The number of pyridine rings is 1. The van der Waals surface area contributed by atoms with Crippen molar-refractivity contribution in [2.24, 2.45) is 0 Å². The molecule has 162 valence electrons. The van der Waals surface area contributed by atoms with E-state index >= 15 is 0 Å². The normalized spacial score (nSPS) is 10.9. The van der Waals surface area contributed by atoms with Crippen molar-refractivity contribution in [3.05, 3.63) is 96.8 Å². The first-order chi connectivity index (χ1) is 16.2. The van der Waals surface area contributed by atoms with Crippen LogP contribution in [-0.4, -0.2) is 38.4 Å². The van der Waals surface area contributed by atoms with Crippen molar-refractivity contribution in [2.45, 2.75) is 5.16 Å². The third kappa shape index (κ3) is 4.36. The average molecular weight is 453 g/mol. The van der Waals surface area contributed by atoms with E-state index in [0.717, 1.165) is 27.8 Å². The fourth-order valence-corrected chi connectivity index (χ4v) is 4.44. The van der Waals surface area contributed by atoms with Crippen LogP contribution in [0.15, 0.2) is 96.4 Å². The number of carbonyl (C=O) groups is 1. The van der Waals surface area contributed by atoms with Crippen LogP contribution in [0.1, 0.15) is 10.4 Å². The molecule has 0 bridgehead atoms. The summed E-state index contributed by atoms with van der Waals surface area (Å²) >= 11 is 1.37. The van der Waals surface area contributed by atoms with E-state index in [4.69, 9.17) is 4.74 Å². The number of rotatable bonds is 7. The smallest absolute Gasteiger partial charge is 0.196 e. The van der Waals surface area contributed by atoms with Crippen molar-refractivity contribution in [2.75, 3.05) is 12.9 Å². The Bertz CT molecular complexity index is 1420. The molecule has 0 atom stereocenters. The maximum absolute atomic E-state index is 13.0. The minimum absolute atomic E-state index is 0.0421. The van der Waals surface area contributed by atoms with Gasteiger partial charge in [-0.3, -0.25) is 14.3 Å². The van der Waals surface area contributed by atoms with E-state index in [0.29, 0.717) is 16.5 Å². The van der Waals surface area contributed by atoms with Gasteiger partial charge in [-0.2, -0.15) is 0 Å². The first-order valence-electron chi connectivity index (χ1n) is 10.4. The van der Waals surface area contributed by atoms with Gasteiger partial charge in [0.25, 0.3) is 0 Å². The van der Waals surface area contributed by atoms with Crippen LogP contribution < -0.4 is 4.74 Å². The van der Waals surface area contributed by atoms with Gasteiger partial charge in [0.05, 0.1) is 12.9 Å². The number of benzene rings is 3. The lowest BCUT2D eigenvalue weighted by Crippen LogP contribution is -2.05. The topological polar surface area (TPSA) is 69.9 Å². The Kier molecular flexibility index (Phi) is 5.87. The molecule has 0 N–H and O–H groups in total.